The van der Waals surface area contributed by atoms with Gasteiger partial charge in [0, 0.05) is 23.5 Å². The normalized spacial score (nSPS) is 13.2. The Morgan fingerprint density at radius 3 is 3.06 bits per heavy atom. The van der Waals surface area contributed by atoms with E-state index in [1.165, 1.54) is 10.4 Å². The molecule has 2 nitrogen and oxygen atoms in total. The maximum absolute atomic E-state index is 5.89. The van der Waals surface area contributed by atoms with Crippen molar-refractivity contribution >= 4 is 28.6 Å². The molecule has 1 aromatic carbocycles. The van der Waals surface area contributed by atoms with Crippen LogP contribution in [0.1, 0.15) is 10.4 Å². The Labute approximate surface area is 109 Å². The van der Waals surface area contributed by atoms with E-state index in [4.69, 9.17) is 16.3 Å². The van der Waals surface area contributed by atoms with Crippen LogP contribution in [0.25, 0.3) is 0 Å². The van der Waals surface area contributed by atoms with Crippen LogP contribution >= 0.6 is 22.9 Å². The molecule has 4 heteroatoms. The van der Waals surface area contributed by atoms with Gasteiger partial charge in [0.05, 0.1) is 10.9 Å². The summed E-state index contributed by atoms with van der Waals surface area (Å²) in [5.41, 5.74) is 2.43. The zero-order chi connectivity index (χ0) is 11.7. The van der Waals surface area contributed by atoms with E-state index in [1.807, 2.05) is 12.1 Å². The fourth-order valence-corrected chi connectivity index (χ4v) is 2.96. The van der Waals surface area contributed by atoms with E-state index < -0.39 is 0 Å². The van der Waals surface area contributed by atoms with Crippen LogP contribution in [0.4, 0.5) is 5.69 Å². The van der Waals surface area contributed by atoms with Crippen LogP contribution in [0, 0.1) is 0 Å². The molecule has 0 fully saturated rings. The van der Waals surface area contributed by atoms with Crippen molar-refractivity contribution in [2.24, 2.45) is 0 Å². The molecular formula is C13H12ClNOS. The third-order valence-electron chi connectivity index (χ3n) is 2.79. The molecule has 0 unspecified atom stereocenters. The van der Waals surface area contributed by atoms with E-state index in [9.17, 15) is 0 Å². The lowest BCUT2D eigenvalue weighted by Gasteiger charge is -2.06. The summed E-state index contributed by atoms with van der Waals surface area (Å²) in [7, 11) is 0. The minimum Gasteiger partial charge on any atom is -0.493 e. The van der Waals surface area contributed by atoms with Crippen LogP contribution in [0.3, 0.4) is 0 Å². The van der Waals surface area contributed by atoms with Crippen molar-refractivity contribution in [2.75, 3.05) is 11.9 Å². The second-order valence-corrected chi connectivity index (χ2v) is 5.78. The molecule has 1 aliphatic rings. The topological polar surface area (TPSA) is 21.3 Å². The summed E-state index contributed by atoms with van der Waals surface area (Å²) in [6.45, 7) is 1.62. The summed E-state index contributed by atoms with van der Waals surface area (Å²) in [6.07, 6.45) is 1.01. The first-order valence-electron chi connectivity index (χ1n) is 5.55. The van der Waals surface area contributed by atoms with Crippen molar-refractivity contribution in [1.82, 2.24) is 0 Å². The van der Waals surface area contributed by atoms with Crippen LogP contribution in [-0.4, -0.2) is 6.61 Å². The summed E-state index contributed by atoms with van der Waals surface area (Å²) in [6, 6.07) is 10.2. The van der Waals surface area contributed by atoms with E-state index in [2.05, 4.69) is 23.5 Å². The minimum atomic E-state index is 0.805. The Balaban J connectivity index is 1.69. The summed E-state index contributed by atoms with van der Waals surface area (Å²) < 4.78 is 6.31. The van der Waals surface area contributed by atoms with Crippen LogP contribution in [0.2, 0.25) is 4.34 Å². The predicted molar refractivity (Wildman–Crippen MR) is 72.3 cm³/mol. The van der Waals surface area contributed by atoms with E-state index >= 15 is 0 Å². The largest absolute Gasteiger partial charge is 0.493 e. The number of halogens is 1. The lowest BCUT2D eigenvalue weighted by molar-refractivity contribution is 0.357. The smallest absolute Gasteiger partial charge is 0.122 e. The van der Waals surface area contributed by atoms with Crippen molar-refractivity contribution in [1.29, 1.82) is 0 Å². The van der Waals surface area contributed by atoms with Gasteiger partial charge in [0.2, 0.25) is 0 Å². The number of benzene rings is 1. The van der Waals surface area contributed by atoms with Gasteiger partial charge in [-0.25, -0.2) is 0 Å². The van der Waals surface area contributed by atoms with Gasteiger partial charge in [-0.15, -0.1) is 11.3 Å². The molecule has 0 saturated carbocycles. The monoisotopic (exact) mass is 265 g/mol. The zero-order valence-electron chi connectivity index (χ0n) is 9.20. The molecule has 3 rings (SSSR count). The molecule has 0 bridgehead atoms. The number of fused-ring (bicyclic) bond motifs is 1. The standard InChI is InChI=1S/C13H12ClNOS/c14-13-4-2-11(17-13)8-15-10-1-3-12-9(7-10)5-6-16-12/h1-4,7,15H,5-6,8H2. The van der Waals surface area contributed by atoms with Gasteiger partial charge in [0.1, 0.15) is 5.75 Å². The minimum absolute atomic E-state index is 0.805. The van der Waals surface area contributed by atoms with E-state index in [1.54, 1.807) is 11.3 Å². The second-order valence-electron chi connectivity index (χ2n) is 3.98. The molecule has 0 saturated heterocycles. The molecule has 1 N–H and O–H groups in total. The van der Waals surface area contributed by atoms with Crippen molar-refractivity contribution in [3.05, 3.63) is 45.1 Å². The Hall–Kier alpha value is -1.19. The molecule has 0 amide bonds. The molecule has 0 aliphatic carbocycles. The highest BCUT2D eigenvalue weighted by molar-refractivity contribution is 7.16. The SMILES string of the molecule is Clc1ccc(CNc2ccc3c(c2)CCO3)s1. The summed E-state index contributed by atoms with van der Waals surface area (Å²) >= 11 is 7.50. The molecule has 88 valence electrons. The summed E-state index contributed by atoms with van der Waals surface area (Å²) in [5, 5.41) is 3.40. The third kappa shape index (κ3) is 2.40. The van der Waals surface area contributed by atoms with Gasteiger partial charge in [0.15, 0.2) is 0 Å². The number of anilines is 1. The fourth-order valence-electron chi connectivity index (χ4n) is 1.93. The van der Waals surface area contributed by atoms with Crippen molar-refractivity contribution in [2.45, 2.75) is 13.0 Å². The van der Waals surface area contributed by atoms with Crippen LogP contribution < -0.4 is 10.1 Å². The molecule has 1 aromatic heterocycles. The third-order valence-corrected chi connectivity index (χ3v) is 4.02. The van der Waals surface area contributed by atoms with E-state index in [0.29, 0.717) is 0 Å². The second kappa shape index (κ2) is 4.59. The highest BCUT2D eigenvalue weighted by Gasteiger charge is 2.11. The number of hydrogen-bond acceptors (Lipinski definition) is 3. The Morgan fingerprint density at radius 1 is 1.29 bits per heavy atom. The van der Waals surface area contributed by atoms with Gasteiger partial charge < -0.3 is 10.1 Å². The number of rotatable bonds is 3. The molecule has 0 atom stereocenters. The average Bonchev–Trinajstić information content (AvgIpc) is 2.94. The highest BCUT2D eigenvalue weighted by Crippen LogP contribution is 2.28. The molecule has 17 heavy (non-hydrogen) atoms. The molecule has 0 radical (unpaired) electrons. The summed E-state index contributed by atoms with van der Waals surface area (Å²) in [5.74, 6) is 1.02. The quantitative estimate of drug-likeness (QED) is 0.907. The maximum Gasteiger partial charge on any atom is 0.122 e. The Morgan fingerprint density at radius 2 is 2.24 bits per heavy atom. The fraction of sp³-hybridized carbons (Fsp3) is 0.231. The van der Waals surface area contributed by atoms with Crippen LogP contribution in [-0.2, 0) is 13.0 Å². The lowest BCUT2D eigenvalue weighted by Crippen LogP contribution is -1.97. The lowest BCUT2D eigenvalue weighted by atomic mass is 10.1. The number of nitrogens with one attached hydrogen (secondary N) is 1. The molecule has 2 heterocycles. The predicted octanol–water partition coefficient (Wildman–Crippen LogP) is 3.95. The van der Waals surface area contributed by atoms with Crippen LogP contribution in [0.15, 0.2) is 30.3 Å². The first-order chi connectivity index (χ1) is 8.31. The first kappa shape index (κ1) is 10.9. The average molecular weight is 266 g/mol. The van der Waals surface area contributed by atoms with Crippen molar-refractivity contribution in [3.8, 4) is 5.75 Å². The molecular weight excluding hydrogens is 254 g/mol. The number of hydrogen-bond donors (Lipinski definition) is 1. The number of thiophene rings is 1. The maximum atomic E-state index is 5.89. The molecule has 0 spiro atoms. The van der Waals surface area contributed by atoms with E-state index in [-0.39, 0.29) is 0 Å². The van der Waals surface area contributed by atoms with Crippen LogP contribution in [0.5, 0.6) is 5.75 Å². The zero-order valence-corrected chi connectivity index (χ0v) is 10.8. The van der Waals surface area contributed by atoms with Gasteiger partial charge in [-0.05, 0) is 35.9 Å². The first-order valence-corrected chi connectivity index (χ1v) is 6.74. The number of ether oxygens (including phenoxy) is 1. The van der Waals surface area contributed by atoms with Crippen molar-refractivity contribution in [3.63, 3.8) is 0 Å². The van der Waals surface area contributed by atoms with Gasteiger partial charge in [-0.3, -0.25) is 0 Å². The van der Waals surface area contributed by atoms with Gasteiger partial charge >= 0.3 is 0 Å². The van der Waals surface area contributed by atoms with E-state index in [0.717, 1.165) is 35.3 Å². The Kier molecular flexibility index (Phi) is 2.95. The van der Waals surface area contributed by atoms with Crippen molar-refractivity contribution < 1.29 is 4.74 Å². The molecule has 1 aliphatic heterocycles. The summed E-state index contributed by atoms with van der Waals surface area (Å²) in [4.78, 5) is 1.24. The Bertz CT molecular complexity index is 538. The van der Waals surface area contributed by atoms with Gasteiger partial charge in [-0.1, -0.05) is 11.6 Å². The molecule has 2 aromatic rings. The van der Waals surface area contributed by atoms with Gasteiger partial charge in [0.25, 0.3) is 0 Å². The van der Waals surface area contributed by atoms with Gasteiger partial charge in [-0.2, -0.15) is 0 Å². The highest BCUT2D eigenvalue weighted by atomic mass is 35.5.